The van der Waals surface area contributed by atoms with Crippen LogP contribution in [0.2, 0.25) is 0 Å². The van der Waals surface area contributed by atoms with E-state index in [2.05, 4.69) is 22.2 Å². The molecule has 3 heterocycles. The number of aryl methyl sites for hydroxylation is 1. The van der Waals surface area contributed by atoms with Crippen molar-refractivity contribution in [3.63, 3.8) is 0 Å². The first kappa shape index (κ1) is 15.5. The second-order valence-corrected chi connectivity index (χ2v) is 6.09. The first-order chi connectivity index (χ1) is 11.1. The summed E-state index contributed by atoms with van der Waals surface area (Å²) < 4.78 is 5.29. The molecule has 122 valence electrons. The number of nitrogens with one attached hydrogen (secondary N) is 1. The van der Waals surface area contributed by atoms with E-state index < -0.39 is 0 Å². The van der Waals surface area contributed by atoms with Gasteiger partial charge in [0, 0.05) is 19.2 Å². The number of hydrogen-bond acceptors (Lipinski definition) is 5. The Bertz CT molecular complexity index is 661. The molecule has 1 N–H and O–H groups in total. The lowest BCUT2D eigenvalue weighted by Crippen LogP contribution is -2.38. The molecule has 0 aliphatic carbocycles. The Morgan fingerprint density at radius 1 is 1.39 bits per heavy atom. The fraction of sp³-hybridized carbons (Fsp3) is 0.471. The molecular formula is C17H22N4O2. The molecule has 1 amide bonds. The number of nitrogens with zero attached hydrogens (tertiary/aromatic N) is 3. The molecule has 0 saturated carbocycles. The summed E-state index contributed by atoms with van der Waals surface area (Å²) >= 11 is 0. The van der Waals surface area contributed by atoms with E-state index in [0.29, 0.717) is 29.8 Å². The molecule has 0 atom stereocenters. The molecule has 1 fully saturated rings. The van der Waals surface area contributed by atoms with Crippen LogP contribution >= 0.6 is 0 Å². The van der Waals surface area contributed by atoms with Crippen molar-refractivity contribution in [2.45, 2.75) is 33.2 Å². The lowest BCUT2D eigenvalue weighted by Gasteiger charge is -2.30. The number of aromatic nitrogens is 2. The molecule has 3 rings (SSSR count). The topological polar surface area (TPSA) is 71.3 Å². The van der Waals surface area contributed by atoms with Gasteiger partial charge in [0.2, 0.25) is 0 Å². The van der Waals surface area contributed by atoms with Crippen LogP contribution in [0.15, 0.2) is 28.9 Å². The zero-order valence-corrected chi connectivity index (χ0v) is 13.6. The monoisotopic (exact) mass is 314 g/mol. The SMILES string of the molecule is Cc1nc(NCc2ccco2)cc(C(=O)N2CCC(C)CC2)n1. The number of piperidine rings is 1. The van der Waals surface area contributed by atoms with Crippen molar-refractivity contribution in [2.75, 3.05) is 18.4 Å². The van der Waals surface area contributed by atoms with Crippen LogP contribution in [0.1, 0.15) is 41.8 Å². The minimum absolute atomic E-state index is 0.0107. The predicted molar refractivity (Wildman–Crippen MR) is 87.1 cm³/mol. The number of rotatable bonds is 4. The van der Waals surface area contributed by atoms with E-state index in [1.165, 1.54) is 0 Å². The van der Waals surface area contributed by atoms with Crippen LogP contribution < -0.4 is 5.32 Å². The molecule has 2 aromatic heterocycles. The molecule has 1 aliphatic heterocycles. The van der Waals surface area contributed by atoms with Crippen LogP contribution in [-0.2, 0) is 6.54 Å². The maximum Gasteiger partial charge on any atom is 0.272 e. The lowest BCUT2D eigenvalue weighted by molar-refractivity contribution is 0.0691. The van der Waals surface area contributed by atoms with Crippen LogP contribution in [0.25, 0.3) is 0 Å². The van der Waals surface area contributed by atoms with Gasteiger partial charge in [-0.15, -0.1) is 0 Å². The fourth-order valence-corrected chi connectivity index (χ4v) is 2.73. The van der Waals surface area contributed by atoms with E-state index in [0.717, 1.165) is 31.7 Å². The van der Waals surface area contributed by atoms with E-state index in [1.54, 1.807) is 19.3 Å². The summed E-state index contributed by atoms with van der Waals surface area (Å²) in [5, 5.41) is 3.18. The zero-order valence-electron chi connectivity index (χ0n) is 13.6. The lowest BCUT2D eigenvalue weighted by atomic mass is 9.99. The van der Waals surface area contributed by atoms with E-state index in [4.69, 9.17) is 4.42 Å². The molecule has 0 bridgehead atoms. The minimum Gasteiger partial charge on any atom is -0.467 e. The van der Waals surface area contributed by atoms with Crippen LogP contribution in [0.4, 0.5) is 5.82 Å². The van der Waals surface area contributed by atoms with Crippen LogP contribution in [-0.4, -0.2) is 33.9 Å². The van der Waals surface area contributed by atoms with Crippen molar-refractivity contribution in [1.82, 2.24) is 14.9 Å². The average molecular weight is 314 g/mol. The molecule has 6 nitrogen and oxygen atoms in total. The second-order valence-electron chi connectivity index (χ2n) is 6.09. The third kappa shape index (κ3) is 3.88. The second kappa shape index (κ2) is 6.81. The number of amides is 1. The third-order valence-corrected chi connectivity index (χ3v) is 4.15. The molecular weight excluding hydrogens is 292 g/mol. The van der Waals surface area contributed by atoms with Gasteiger partial charge in [0.05, 0.1) is 12.8 Å². The summed E-state index contributed by atoms with van der Waals surface area (Å²) in [4.78, 5) is 23.2. The van der Waals surface area contributed by atoms with Gasteiger partial charge >= 0.3 is 0 Å². The maximum atomic E-state index is 12.6. The van der Waals surface area contributed by atoms with Crippen LogP contribution in [0.3, 0.4) is 0 Å². The van der Waals surface area contributed by atoms with Crippen molar-refractivity contribution in [1.29, 1.82) is 0 Å². The van der Waals surface area contributed by atoms with Crippen molar-refractivity contribution in [2.24, 2.45) is 5.92 Å². The Morgan fingerprint density at radius 2 is 2.17 bits per heavy atom. The van der Waals surface area contributed by atoms with Gasteiger partial charge in [0.25, 0.3) is 5.91 Å². The number of likely N-dealkylation sites (tertiary alicyclic amines) is 1. The van der Waals surface area contributed by atoms with Gasteiger partial charge in [0.1, 0.15) is 23.1 Å². The standard InChI is InChI=1S/C17H22N4O2/c1-12-5-7-21(8-6-12)17(22)15-10-16(20-13(2)19-15)18-11-14-4-3-9-23-14/h3-4,9-10,12H,5-8,11H2,1-2H3,(H,18,19,20). The first-order valence-electron chi connectivity index (χ1n) is 8.03. The van der Waals surface area contributed by atoms with Gasteiger partial charge in [-0.3, -0.25) is 4.79 Å². The van der Waals surface area contributed by atoms with E-state index in [9.17, 15) is 4.79 Å². The molecule has 2 aromatic rings. The number of carbonyl (C=O) groups is 1. The summed E-state index contributed by atoms with van der Waals surface area (Å²) in [6, 6.07) is 5.45. The molecule has 0 spiro atoms. The number of furan rings is 1. The maximum absolute atomic E-state index is 12.6. The van der Waals surface area contributed by atoms with Gasteiger partial charge in [0.15, 0.2) is 0 Å². The zero-order chi connectivity index (χ0) is 16.2. The highest BCUT2D eigenvalue weighted by Gasteiger charge is 2.23. The van der Waals surface area contributed by atoms with Crippen molar-refractivity contribution in [3.05, 3.63) is 41.7 Å². The largest absolute Gasteiger partial charge is 0.467 e. The van der Waals surface area contributed by atoms with Gasteiger partial charge in [-0.2, -0.15) is 0 Å². The Labute approximate surface area is 135 Å². The third-order valence-electron chi connectivity index (χ3n) is 4.15. The van der Waals surface area contributed by atoms with E-state index in [-0.39, 0.29) is 5.91 Å². The summed E-state index contributed by atoms with van der Waals surface area (Å²) in [6.45, 7) is 6.16. The van der Waals surface area contributed by atoms with E-state index >= 15 is 0 Å². The normalized spacial score (nSPS) is 15.7. The summed E-state index contributed by atoms with van der Waals surface area (Å²) in [5.41, 5.74) is 0.453. The number of anilines is 1. The predicted octanol–water partition coefficient (Wildman–Crippen LogP) is 2.86. The molecule has 1 saturated heterocycles. The van der Waals surface area contributed by atoms with Crippen molar-refractivity contribution in [3.8, 4) is 0 Å². The Hall–Kier alpha value is -2.37. The van der Waals surface area contributed by atoms with Crippen LogP contribution in [0.5, 0.6) is 0 Å². The van der Waals surface area contributed by atoms with Crippen LogP contribution in [0, 0.1) is 12.8 Å². The Kier molecular flexibility index (Phi) is 4.60. The highest BCUT2D eigenvalue weighted by molar-refractivity contribution is 5.93. The molecule has 0 aromatic carbocycles. The quantitative estimate of drug-likeness (QED) is 0.939. The van der Waals surface area contributed by atoms with Crippen molar-refractivity contribution >= 4 is 11.7 Å². The molecule has 0 radical (unpaired) electrons. The summed E-state index contributed by atoms with van der Waals surface area (Å²) in [7, 11) is 0. The van der Waals surface area contributed by atoms with Gasteiger partial charge in [-0.1, -0.05) is 6.92 Å². The highest BCUT2D eigenvalue weighted by atomic mass is 16.3. The van der Waals surface area contributed by atoms with Gasteiger partial charge in [-0.05, 0) is 37.8 Å². The number of carbonyl (C=O) groups excluding carboxylic acids is 1. The smallest absolute Gasteiger partial charge is 0.272 e. The Balaban J connectivity index is 1.70. The molecule has 23 heavy (non-hydrogen) atoms. The Morgan fingerprint density at radius 3 is 2.87 bits per heavy atom. The first-order valence-corrected chi connectivity index (χ1v) is 8.03. The highest BCUT2D eigenvalue weighted by Crippen LogP contribution is 2.18. The molecule has 6 heteroatoms. The van der Waals surface area contributed by atoms with Crippen molar-refractivity contribution < 1.29 is 9.21 Å². The minimum atomic E-state index is -0.0107. The summed E-state index contributed by atoms with van der Waals surface area (Å²) in [5.74, 6) is 2.73. The fourth-order valence-electron chi connectivity index (χ4n) is 2.73. The number of hydrogen-bond donors (Lipinski definition) is 1. The molecule has 1 aliphatic rings. The summed E-state index contributed by atoms with van der Waals surface area (Å²) in [6.07, 6.45) is 3.74. The average Bonchev–Trinajstić information content (AvgIpc) is 3.06. The van der Waals surface area contributed by atoms with E-state index in [1.807, 2.05) is 17.0 Å². The molecule has 0 unspecified atom stereocenters. The van der Waals surface area contributed by atoms with Gasteiger partial charge < -0.3 is 14.6 Å². The van der Waals surface area contributed by atoms with Gasteiger partial charge in [-0.25, -0.2) is 9.97 Å².